The summed E-state index contributed by atoms with van der Waals surface area (Å²) in [6, 6.07) is 10.2. The molecule has 0 radical (unpaired) electrons. The molecule has 2 heterocycles. The SMILES string of the molecule is O=S(OC1=CC2CCC(C1)N2Cc1ccccc1)C(F)(F)F. The monoisotopic (exact) mass is 331 g/mol. The molecule has 0 aromatic heterocycles. The zero-order valence-electron chi connectivity index (χ0n) is 11.8. The van der Waals surface area contributed by atoms with E-state index in [4.69, 9.17) is 0 Å². The van der Waals surface area contributed by atoms with E-state index in [2.05, 4.69) is 9.08 Å². The average Bonchev–Trinajstić information content (AvgIpc) is 2.70. The molecule has 0 aliphatic carbocycles. The normalized spacial score (nSPS) is 26.6. The minimum Gasteiger partial charge on any atom is -0.399 e. The Morgan fingerprint density at radius 1 is 1.23 bits per heavy atom. The van der Waals surface area contributed by atoms with Gasteiger partial charge in [0.25, 0.3) is 0 Å². The van der Waals surface area contributed by atoms with Crippen molar-refractivity contribution in [2.45, 2.75) is 43.4 Å². The number of hydrogen-bond donors (Lipinski definition) is 0. The fourth-order valence-corrected chi connectivity index (χ4v) is 3.54. The molecule has 22 heavy (non-hydrogen) atoms. The predicted octanol–water partition coefficient (Wildman–Crippen LogP) is 3.51. The van der Waals surface area contributed by atoms with Gasteiger partial charge in [-0.2, -0.15) is 13.2 Å². The van der Waals surface area contributed by atoms with Crippen LogP contribution < -0.4 is 0 Å². The second-order valence-corrected chi connectivity index (χ2v) is 6.66. The average molecular weight is 331 g/mol. The van der Waals surface area contributed by atoms with Gasteiger partial charge in [0, 0.05) is 25.0 Å². The van der Waals surface area contributed by atoms with Gasteiger partial charge < -0.3 is 4.18 Å². The molecule has 7 heteroatoms. The van der Waals surface area contributed by atoms with E-state index in [1.54, 1.807) is 6.08 Å². The van der Waals surface area contributed by atoms with Crippen LogP contribution in [0.4, 0.5) is 13.2 Å². The van der Waals surface area contributed by atoms with Crippen LogP contribution in [0.3, 0.4) is 0 Å². The van der Waals surface area contributed by atoms with E-state index in [1.807, 2.05) is 30.3 Å². The summed E-state index contributed by atoms with van der Waals surface area (Å²) in [5.41, 5.74) is -3.66. The van der Waals surface area contributed by atoms with Crippen molar-refractivity contribution in [2.24, 2.45) is 0 Å². The highest BCUT2D eigenvalue weighted by molar-refractivity contribution is 7.81. The summed E-state index contributed by atoms with van der Waals surface area (Å²) in [7, 11) is 0. The third-order valence-corrected chi connectivity index (χ3v) is 4.83. The van der Waals surface area contributed by atoms with Crippen molar-refractivity contribution >= 4 is 11.1 Å². The molecule has 3 rings (SSSR count). The summed E-state index contributed by atoms with van der Waals surface area (Å²) in [6.45, 7) is 0.766. The second kappa shape index (κ2) is 6.04. The molecule has 0 spiro atoms. The van der Waals surface area contributed by atoms with Gasteiger partial charge in [0.2, 0.25) is 0 Å². The highest BCUT2D eigenvalue weighted by atomic mass is 32.2. The Labute approximate surface area is 129 Å². The molecule has 3 nitrogen and oxygen atoms in total. The molecule has 1 fully saturated rings. The lowest BCUT2D eigenvalue weighted by molar-refractivity contribution is -0.0459. The van der Waals surface area contributed by atoms with E-state index < -0.39 is 16.6 Å². The summed E-state index contributed by atoms with van der Waals surface area (Å²) in [5, 5.41) is 0. The van der Waals surface area contributed by atoms with Crippen molar-refractivity contribution in [2.75, 3.05) is 0 Å². The summed E-state index contributed by atoms with van der Waals surface area (Å²) in [6.07, 6.45) is 3.88. The van der Waals surface area contributed by atoms with Gasteiger partial charge in [-0.25, -0.2) is 4.21 Å². The lowest BCUT2D eigenvalue weighted by Crippen LogP contribution is -2.38. The van der Waals surface area contributed by atoms with Gasteiger partial charge in [-0.1, -0.05) is 30.3 Å². The van der Waals surface area contributed by atoms with Crippen molar-refractivity contribution < 1.29 is 21.6 Å². The number of nitrogens with zero attached hydrogens (tertiary/aromatic N) is 1. The van der Waals surface area contributed by atoms with Gasteiger partial charge in [0.05, 0.1) is 0 Å². The Balaban J connectivity index is 1.68. The van der Waals surface area contributed by atoms with Crippen LogP contribution in [0.2, 0.25) is 0 Å². The zero-order valence-corrected chi connectivity index (χ0v) is 12.6. The van der Waals surface area contributed by atoms with E-state index >= 15 is 0 Å². The molecule has 2 bridgehead atoms. The maximum Gasteiger partial charge on any atom is 0.508 e. The van der Waals surface area contributed by atoms with Crippen molar-refractivity contribution in [3.05, 3.63) is 47.7 Å². The lowest BCUT2D eigenvalue weighted by Gasteiger charge is -2.33. The predicted molar refractivity (Wildman–Crippen MR) is 76.8 cm³/mol. The second-order valence-electron chi connectivity index (χ2n) is 5.56. The molecule has 3 atom stereocenters. The van der Waals surface area contributed by atoms with Crippen LogP contribution in [0.15, 0.2) is 42.2 Å². The molecule has 0 saturated carbocycles. The van der Waals surface area contributed by atoms with Gasteiger partial charge in [-0.15, -0.1) is 0 Å². The topological polar surface area (TPSA) is 29.5 Å². The molecule has 1 aromatic rings. The van der Waals surface area contributed by atoms with Crippen LogP contribution in [0.25, 0.3) is 0 Å². The molecule has 2 aliphatic heterocycles. The summed E-state index contributed by atoms with van der Waals surface area (Å²) in [5.74, 6) is 0.201. The van der Waals surface area contributed by atoms with E-state index in [1.165, 1.54) is 5.56 Å². The fourth-order valence-electron chi connectivity index (χ4n) is 3.13. The summed E-state index contributed by atoms with van der Waals surface area (Å²) < 4.78 is 52.6. The van der Waals surface area contributed by atoms with Gasteiger partial charge in [0.1, 0.15) is 5.76 Å². The highest BCUT2D eigenvalue weighted by Gasteiger charge is 2.43. The maximum atomic E-state index is 12.3. The Kier molecular flexibility index (Phi) is 4.27. The fraction of sp³-hybridized carbons (Fsp3) is 0.467. The number of alkyl halides is 3. The van der Waals surface area contributed by atoms with Gasteiger partial charge in [0.15, 0.2) is 0 Å². The van der Waals surface area contributed by atoms with Crippen LogP contribution >= 0.6 is 0 Å². The first-order valence-corrected chi connectivity index (χ1v) is 8.18. The first kappa shape index (κ1) is 15.6. The molecule has 1 saturated heterocycles. The summed E-state index contributed by atoms with van der Waals surface area (Å²) in [4.78, 5) is 2.28. The summed E-state index contributed by atoms with van der Waals surface area (Å²) >= 11 is -3.27. The molecule has 0 N–H and O–H groups in total. The number of halogens is 3. The Morgan fingerprint density at radius 2 is 1.95 bits per heavy atom. The molecule has 3 unspecified atom stereocenters. The van der Waals surface area contributed by atoms with E-state index in [0.717, 1.165) is 19.4 Å². The van der Waals surface area contributed by atoms with Gasteiger partial charge in [-0.3, -0.25) is 4.90 Å². The first-order chi connectivity index (χ1) is 10.4. The molecule has 1 aromatic carbocycles. The molecular formula is C15H16F3NO2S. The minimum absolute atomic E-state index is 0.0548. The third kappa shape index (κ3) is 3.35. The Hall–Kier alpha value is -1.34. The largest absolute Gasteiger partial charge is 0.508 e. The van der Waals surface area contributed by atoms with Crippen LogP contribution in [0, 0.1) is 0 Å². The molecular weight excluding hydrogens is 315 g/mol. The molecule has 0 amide bonds. The Bertz CT molecular complexity index is 588. The quantitative estimate of drug-likeness (QED) is 0.846. The van der Waals surface area contributed by atoms with Crippen LogP contribution in [0.1, 0.15) is 24.8 Å². The number of fused-ring (bicyclic) bond motifs is 2. The van der Waals surface area contributed by atoms with E-state index in [0.29, 0.717) is 6.42 Å². The van der Waals surface area contributed by atoms with Crippen LogP contribution in [-0.2, 0) is 21.8 Å². The van der Waals surface area contributed by atoms with E-state index in [-0.39, 0.29) is 17.8 Å². The molecule has 120 valence electrons. The third-order valence-electron chi connectivity index (χ3n) is 4.09. The standard InChI is InChI=1S/C15H16F3NO2S/c16-15(17,18)22(20)21-14-8-12-6-7-13(9-14)19(12)10-11-4-2-1-3-5-11/h1-5,8,12-13H,6-7,9-10H2. The van der Waals surface area contributed by atoms with Crippen molar-refractivity contribution in [3.8, 4) is 0 Å². The minimum atomic E-state index is -4.83. The van der Waals surface area contributed by atoms with Gasteiger partial charge in [-0.05, 0) is 24.5 Å². The maximum absolute atomic E-state index is 12.3. The van der Waals surface area contributed by atoms with Crippen molar-refractivity contribution in [3.63, 3.8) is 0 Å². The first-order valence-electron chi connectivity index (χ1n) is 7.11. The smallest absolute Gasteiger partial charge is 0.399 e. The number of rotatable bonds is 4. The number of hydrogen-bond acceptors (Lipinski definition) is 3. The van der Waals surface area contributed by atoms with E-state index in [9.17, 15) is 17.4 Å². The van der Waals surface area contributed by atoms with Crippen molar-refractivity contribution in [1.82, 2.24) is 4.90 Å². The van der Waals surface area contributed by atoms with Crippen LogP contribution in [-0.4, -0.2) is 26.7 Å². The highest BCUT2D eigenvalue weighted by Crippen LogP contribution is 2.37. The molecule has 2 aliphatic rings. The zero-order chi connectivity index (χ0) is 15.7. The Morgan fingerprint density at radius 3 is 2.59 bits per heavy atom. The van der Waals surface area contributed by atoms with Crippen LogP contribution in [0.5, 0.6) is 0 Å². The van der Waals surface area contributed by atoms with Crippen molar-refractivity contribution in [1.29, 1.82) is 0 Å². The number of benzene rings is 1. The lowest BCUT2D eigenvalue weighted by atomic mass is 10.1. The van der Waals surface area contributed by atoms with Gasteiger partial charge >= 0.3 is 16.6 Å².